The number of carbonyl (C=O) groups excluding carboxylic acids is 2. The van der Waals surface area contributed by atoms with Gasteiger partial charge in [-0.2, -0.15) is 5.10 Å². The van der Waals surface area contributed by atoms with Crippen LogP contribution < -0.4 is 9.80 Å². The van der Waals surface area contributed by atoms with Crippen LogP contribution in [0.15, 0.2) is 60.7 Å². The summed E-state index contributed by atoms with van der Waals surface area (Å²) in [5, 5.41) is 4.46. The Bertz CT molecular complexity index is 1110. The number of rotatable bonds is 4. The third kappa shape index (κ3) is 3.98. The molecule has 5 rings (SSSR count). The van der Waals surface area contributed by atoms with Gasteiger partial charge in [0.1, 0.15) is 5.82 Å². The summed E-state index contributed by atoms with van der Waals surface area (Å²) in [5.74, 6) is 1.01. The number of aryl methyl sites for hydroxylation is 2. The van der Waals surface area contributed by atoms with Crippen LogP contribution in [-0.2, 0) is 17.9 Å². The maximum atomic E-state index is 13.0. The minimum atomic E-state index is 0.0620. The van der Waals surface area contributed by atoms with Gasteiger partial charge < -0.3 is 9.80 Å². The number of anilines is 2. The molecule has 2 aliphatic heterocycles. The van der Waals surface area contributed by atoms with Gasteiger partial charge >= 0.3 is 0 Å². The number of amides is 2. The highest BCUT2D eigenvalue weighted by molar-refractivity contribution is 5.95. The van der Waals surface area contributed by atoms with Crippen molar-refractivity contribution in [2.45, 2.75) is 26.4 Å². The van der Waals surface area contributed by atoms with Crippen molar-refractivity contribution in [3.8, 4) is 0 Å². The number of carbonyl (C=O) groups is 2. The Morgan fingerprint density at radius 1 is 0.938 bits per heavy atom. The average Bonchev–Trinajstić information content (AvgIpc) is 3.22. The molecule has 3 aromatic rings. The first kappa shape index (κ1) is 20.3. The number of para-hydroxylation sites is 1. The molecule has 1 saturated heterocycles. The van der Waals surface area contributed by atoms with Crippen molar-refractivity contribution in [1.29, 1.82) is 0 Å². The van der Waals surface area contributed by atoms with Crippen molar-refractivity contribution >= 4 is 23.3 Å². The summed E-state index contributed by atoms with van der Waals surface area (Å²) in [6.45, 7) is 6.13. The SMILES string of the molecule is Cc1cc2n(n1)CCC(=O)N2Cc1ccc(C(=O)N2CCN(c3ccccc3)CC2)cc1. The second-order valence-corrected chi connectivity index (χ2v) is 8.41. The third-order valence-electron chi connectivity index (χ3n) is 6.23. The van der Waals surface area contributed by atoms with Crippen LogP contribution in [-0.4, -0.2) is 52.7 Å². The molecule has 1 fully saturated rings. The Balaban J connectivity index is 1.22. The lowest BCUT2D eigenvalue weighted by Gasteiger charge is -2.36. The predicted molar refractivity (Wildman–Crippen MR) is 124 cm³/mol. The van der Waals surface area contributed by atoms with Gasteiger partial charge in [-0.3, -0.25) is 14.5 Å². The van der Waals surface area contributed by atoms with Gasteiger partial charge in [-0.1, -0.05) is 30.3 Å². The van der Waals surface area contributed by atoms with Crippen LogP contribution in [0.4, 0.5) is 11.5 Å². The number of benzene rings is 2. The van der Waals surface area contributed by atoms with E-state index < -0.39 is 0 Å². The quantitative estimate of drug-likeness (QED) is 0.640. The largest absolute Gasteiger partial charge is 0.368 e. The summed E-state index contributed by atoms with van der Waals surface area (Å²) in [4.78, 5) is 31.5. The van der Waals surface area contributed by atoms with E-state index in [-0.39, 0.29) is 11.8 Å². The van der Waals surface area contributed by atoms with Crippen molar-refractivity contribution in [3.63, 3.8) is 0 Å². The van der Waals surface area contributed by atoms with Gasteiger partial charge in [-0.15, -0.1) is 0 Å². The summed E-state index contributed by atoms with van der Waals surface area (Å²) in [5.41, 5.74) is 3.80. The lowest BCUT2D eigenvalue weighted by atomic mass is 10.1. The zero-order valence-electron chi connectivity index (χ0n) is 18.3. The average molecular weight is 430 g/mol. The molecular weight excluding hydrogens is 402 g/mol. The van der Waals surface area contributed by atoms with Gasteiger partial charge in [-0.05, 0) is 36.8 Å². The van der Waals surface area contributed by atoms with Gasteiger partial charge in [-0.25, -0.2) is 4.68 Å². The van der Waals surface area contributed by atoms with E-state index in [0.29, 0.717) is 38.2 Å². The molecule has 1 aromatic heterocycles. The van der Waals surface area contributed by atoms with Gasteiger partial charge in [0.05, 0.1) is 18.8 Å². The molecule has 0 N–H and O–H groups in total. The van der Waals surface area contributed by atoms with E-state index in [1.54, 1.807) is 4.90 Å². The molecule has 2 amide bonds. The fourth-order valence-corrected chi connectivity index (χ4v) is 4.47. The molecule has 164 valence electrons. The van der Waals surface area contributed by atoms with Crippen molar-refractivity contribution in [2.24, 2.45) is 0 Å². The molecule has 0 saturated carbocycles. The molecule has 0 radical (unpaired) electrons. The molecule has 0 atom stereocenters. The van der Waals surface area contributed by atoms with Crippen molar-refractivity contribution < 1.29 is 9.59 Å². The van der Waals surface area contributed by atoms with Crippen molar-refractivity contribution in [1.82, 2.24) is 14.7 Å². The second-order valence-electron chi connectivity index (χ2n) is 8.41. The Kier molecular flexibility index (Phi) is 5.39. The number of hydrogen-bond acceptors (Lipinski definition) is 4. The van der Waals surface area contributed by atoms with Crippen LogP contribution in [0.2, 0.25) is 0 Å². The molecule has 0 spiro atoms. The smallest absolute Gasteiger partial charge is 0.253 e. The Morgan fingerprint density at radius 2 is 1.66 bits per heavy atom. The lowest BCUT2D eigenvalue weighted by Crippen LogP contribution is -2.48. The van der Waals surface area contributed by atoms with Crippen molar-refractivity contribution in [3.05, 3.63) is 77.5 Å². The summed E-state index contributed by atoms with van der Waals surface area (Å²) < 4.78 is 1.89. The Hall–Kier alpha value is -3.61. The highest BCUT2D eigenvalue weighted by atomic mass is 16.2. The number of aromatic nitrogens is 2. The highest BCUT2D eigenvalue weighted by Gasteiger charge is 2.26. The van der Waals surface area contributed by atoms with Crippen molar-refractivity contribution in [2.75, 3.05) is 36.0 Å². The topological polar surface area (TPSA) is 61.7 Å². The molecule has 2 aliphatic rings. The lowest BCUT2D eigenvalue weighted by molar-refractivity contribution is -0.119. The van der Waals surface area contributed by atoms with E-state index >= 15 is 0 Å². The zero-order chi connectivity index (χ0) is 22.1. The van der Waals surface area contributed by atoms with E-state index in [4.69, 9.17) is 0 Å². The molecule has 3 heterocycles. The van der Waals surface area contributed by atoms with E-state index in [1.807, 2.05) is 65.0 Å². The second kappa shape index (κ2) is 8.49. The summed E-state index contributed by atoms with van der Waals surface area (Å²) in [7, 11) is 0. The predicted octanol–water partition coefficient (Wildman–Crippen LogP) is 3.09. The van der Waals surface area contributed by atoms with E-state index in [9.17, 15) is 9.59 Å². The first-order valence-corrected chi connectivity index (χ1v) is 11.1. The minimum Gasteiger partial charge on any atom is -0.368 e. The minimum absolute atomic E-state index is 0.0620. The number of piperazine rings is 1. The molecular formula is C25H27N5O2. The maximum absolute atomic E-state index is 13.0. The zero-order valence-corrected chi connectivity index (χ0v) is 18.3. The highest BCUT2D eigenvalue weighted by Crippen LogP contribution is 2.25. The number of hydrogen-bond donors (Lipinski definition) is 0. The summed E-state index contributed by atoms with van der Waals surface area (Å²) >= 11 is 0. The van der Waals surface area contributed by atoms with Gasteiger partial charge in [0.15, 0.2) is 0 Å². The van der Waals surface area contributed by atoms with E-state index in [0.717, 1.165) is 30.2 Å². The Labute approximate surface area is 187 Å². The fraction of sp³-hybridized carbons (Fsp3) is 0.320. The van der Waals surface area contributed by atoms with Crippen LogP contribution >= 0.6 is 0 Å². The molecule has 7 nitrogen and oxygen atoms in total. The third-order valence-corrected chi connectivity index (χ3v) is 6.23. The van der Waals surface area contributed by atoms with Crippen LogP contribution in [0.25, 0.3) is 0 Å². The number of nitrogens with zero attached hydrogens (tertiary/aromatic N) is 5. The fourth-order valence-electron chi connectivity index (χ4n) is 4.47. The molecule has 2 aromatic carbocycles. The molecule has 7 heteroatoms. The summed E-state index contributed by atoms with van der Waals surface area (Å²) in [6.07, 6.45) is 0.458. The van der Waals surface area contributed by atoms with E-state index in [2.05, 4.69) is 22.1 Å². The van der Waals surface area contributed by atoms with Gasteiger partial charge in [0.25, 0.3) is 5.91 Å². The van der Waals surface area contributed by atoms with Crippen LogP contribution in [0, 0.1) is 6.92 Å². The van der Waals surface area contributed by atoms with Crippen LogP contribution in [0.3, 0.4) is 0 Å². The molecule has 0 aliphatic carbocycles. The first-order chi connectivity index (χ1) is 15.6. The monoisotopic (exact) mass is 429 g/mol. The van der Waals surface area contributed by atoms with E-state index in [1.165, 1.54) is 5.69 Å². The first-order valence-electron chi connectivity index (χ1n) is 11.1. The van der Waals surface area contributed by atoms with Crippen LogP contribution in [0.5, 0.6) is 0 Å². The van der Waals surface area contributed by atoms with Gasteiger partial charge in [0.2, 0.25) is 5.91 Å². The van der Waals surface area contributed by atoms with Crippen LogP contribution in [0.1, 0.15) is 28.0 Å². The maximum Gasteiger partial charge on any atom is 0.253 e. The molecule has 32 heavy (non-hydrogen) atoms. The number of fused-ring (bicyclic) bond motifs is 1. The van der Waals surface area contributed by atoms with Gasteiger partial charge in [0, 0.05) is 49.9 Å². The molecule has 0 unspecified atom stereocenters. The summed E-state index contributed by atoms with van der Waals surface area (Å²) in [6, 6.07) is 19.9. The normalized spacial score (nSPS) is 16.3. The molecule has 0 bridgehead atoms. The standard InChI is InChI=1S/C25H27N5O2/c1-19-17-23-29(24(31)11-12-30(23)26-19)18-20-7-9-21(10-8-20)25(32)28-15-13-27(14-16-28)22-5-3-2-4-6-22/h2-10,17H,11-16,18H2,1H3. The Morgan fingerprint density at radius 3 is 2.38 bits per heavy atom.